The molecule has 0 atom stereocenters. The van der Waals surface area contributed by atoms with E-state index in [-0.39, 0.29) is 11.7 Å². The fourth-order valence-electron chi connectivity index (χ4n) is 2.30. The minimum atomic E-state index is -4.06. The second kappa shape index (κ2) is 6.52. The lowest BCUT2D eigenvalue weighted by atomic mass is 10.1. The van der Waals surface area contributed by atoms with Crippen LogP contribution < -0.4 is 10.9 Å². The maximum atomic E-state index is 11.3. The van der Waals surface area contributed by atoms with Gasteiger partial charge in [-0.2, -0.15) is 0 Å². The maximum Gasteiger partial charge on any atom is 0.329 e. The molecule has 0 aliphatic carbocycles. The van der Waals surface area contributed by atoms with Gasteiger partial charge in [-0.05, 0) is 17.2 Å². The third-order valence-electron chi connectivity index (χ3n) is 3.40. The third-order valence-corrected chi connectivity index (χ3v) is 4.18. The molecule has 2 heterocycles. The zero-order chi connectivity index (χ0) is 17.2. The number of pyridine rings is 1. The van der Waals surface area contributed by atoms with E-state index in [0.717, 1.165) is 5.56 Å². The summed E-state index contributed by atoms with van der Waals surface area (Å²) in [5, 5.41) is 3.87. The van der Waals surface area contributed by atoms with E-state index < -0.39 is 7.60 Å². The van der Waals surface area contributed by atoms with Gasteiger partial charge in [0.05, 0.1) is 11.5 Å². The zero-order valence-corrected chi connectivity index (χ0v) is 13.4. The van der Waals surface area contributed by atoms with Crippen molar-refractivity contribution in [3.63, 3.8) is 0 Å². The van der Waals surface area contributed by atoms with Crippen LogP contribution in [0.4, 0.5) is 5.82 Å². The van der Waals surface area contributed by atoms with Crippen LogP contribution in [-0.2, 0) is 17.3 Å². The average Bonchev–Trinajstić information content (AvgIpc) is 2.52. The first-order valence-corrected chi connectivity index (χ1v) is 8.91. The zero-order valence-electron chi connectivity index (χ0n) is 12.5. The molecule has 0 aliphatic heterocycles. The Labute approximate surface area is 136 Å². The van der Waals surface area contributed by atoms with Gasteiger partial charge >= 0.3 is 7.60 Å². The number of hydrogen-bond donors (Lipinski definition) is 4. The van der Waals surface area contributed by atoms with Gasteiger partial charge in [0.25, 0.3) is 0 Å². The Morgan fingerprint density at radius 1 is 1.04 bits per heavy atom. The topological polar surface area (TPSA) is 128 Å². The van der Waals surface area contributed by atoms with Crippen molar-refractivity contribution in [1.29, 1.82) is 0 Å². The van der Waals surface area contributed by atoms with Gasteiger partial charge in [-0.3, -0.25) is 9.36 Å². The highest BCUT2D eigenvalue weighted by Gasteiger charge is 2.13. The van der Waals surface area contributed by atoms with Crippen molar-refractivity contribution >= 4 is 24.4 Å². The van der Waals surface area contributed by atoms with Gasteiger partial charge in [0.15, 0.2) is 0 Å². The summed E-state index contributed by atoms with van der Waals surface area (Å²) in [6.07, 6.45) is 1.09. The lowest BCUT2D eigenvalue weighted by molar-refractivity contribution is 0.371. The Morgan fingerprint density at radius 2 is 1.75 bits per heavy atom. The summed E-state index contributed by atoms with van der Waals surface area (Å²) in [6.45, 7) is 0.474. The van der Waals surface area contributed by atoms with Crippen molar-refractivity contribution < 1.29 is 14.4 Å². The van der Waals surface area contributed by atoms with E-state index in [9.17, 15) is 9.36 Å². The van der Waals surface area contributed by atoms with Crippen molar-refractivity contribution in [1.82, 2.24) is 15.0 Å². The normalized spacial score (nSPS) is 11.6. The smallest absolute Gasteiger partial charge is 0.329 e. The molecule has 0 saturated heterocycles. The van der Waals surface area contributed by atoms with Crippen molar-refractivity contribution in [3.8, 4) is 0 Å². The Kier molecular flexibility index (Phi) is 4.44. The summed E-state index contributed by atoms with van der Waals surface area (Å²) < 4.78 is 11.0. The number of nitrogens with zero attached hydrogens (tertiary/aromatic N) is 2. The number of H-pyrrole nitrogens is 1. The molecule has 0 unspecified atom stereocenters. The van der Waals surface area contributed by atoms with E-state index in [1.165, 1.54) is 12.4 Å². The highest BCUT2D eigenvalue weighted by Crippen LogP contribution is 2.38. The Balaban J connectivity index is 1.74. The quantitative estimate of drug-likeness (QED) is 0.517. The number of anilines is 1. The Morgan fingerprint density at radius 3 is 2.46 bits per heavy atom. The molecule has 0 spiro atoms. The van der Waals surface area contributed by atoms with E-state index >= 15 is 0 Å². The van der Waals surface area contributed by atoms with Crippen LogP contribution in [0.5, 0.6) is 0 Å². The van der Waals surface area contributed by atoms with Gasteiger partial charge in [0.1, 0.15) is 17.8 Å². The minimum Gasteiger partial charge on any atom is -0.365 e. The number of hydrogen-bond acceptors (Lipinski definition) is 5. The molecule has 2 aromatic heterocycles. The summed E-state index contributed by atoms with van der Waals surface area (Å²) in [6, 6.07) is 10.0. The fraction of sp³-hybridized carbons (Fsp3) is 0.133. The first-order chi connectivity index (χ1) is 11.4. The van der Waals surface area contributed by atoms with Crippen LogP contribution in [0.15, 0.2) is 47.5 Å². The van der Waals surface area contributed by atoms with Crippen LogP contribution in [0.25, 0.3) is 11.0 Å². The summed E-state index contributed by atoms with van der Waals surface area (Å²) in [4.78, 5) is 40.1. The molecule has 0 amide bonds. The SMILES string of the molecule is O=c1ccc2c(NCc3ccc(CP(=O)(O)O)cc3)ncnc2[nH]1. The van der Waals surface area contributed by atoms with Crippen molar-refractivity contribution in [2.45, 2.75) is 12.7 Å². The lowest BCUT2D eigenvalue weighted by Gasteiger charge is -2.09. The highest BCUT2D eigenvalue weighted by molar-refractivity contribution is 7.50. The number of rotatable bonds is 5. The van der Waals surface area contributed by atoms with E-state index in [2.05, 4.69) is 20.3 Å². The molecule has 124 valence electrons. The largest absolute Gasteiger partial charge is 0.365 e. The molecular weight excluding hydrogens is 331 g/mol. The molecule has 3 rings (SSSR count). The number of aromatic amines is 1. The molecular formula is C15H15N4O4P. The monoisotopic (exact) mass is 346 g/mol. The van der Waals surface area contributed by atoms with Crippen molar-refractivity contribution in [2.75, 3.05) is 5.32 Å². The van der Waals surface area contributed by atoms with Crippen LogP contribution in [0, 0.1) is 0 Å². The molecule has 0 saturated carbocycles. The minimum absolute atomic E-state index is 0.229. The molecule has 0 fully saturated rings. The summed E-state index contributed by atoms with van der Waals surface area (Å²) >= 11 is 0. The van der Waals surface area contributed by atoms with Gasteiger partial charge < -0.3 is 20.1 Å². The van der Waals surface area contributed by atoms with Crippen LogP contribution >= 0.6 is 7.60 Å². The average molecular weight is 346 g/mol. The first-order valence-electron chi connectivity index (χ1n) is 7.11. The predicted octanol–water partition coefficient (Wildman–Crippen LogP) is 1.61. The number of fused-ring (bicyclic) bond motifs is 1. The van der Waals surface area contributed by atoms with Gasteiger partial charge in [-0.15, -0.1) is 0 Å². The van der Waals surface area contributed by atoms with Gasteiger partial charge in [-0.25, -0.2) is 9.97 Å². The maximum absolute atomic E-state index is 11.3. The van der Waals surface area contributed by atoms with Crippen molar-refractivity contribution in [3.05, 3.63) is 64.2 Å². The molecule has 0 bridgehead atoms. The van der Waals surface area contributed by atoms with E-state index in [1.54, 1.807) is 30.3 Å². The van der Waals surface area contributed by atoms with E-state index in [4.69, 9.17) is 9.79 Å². The van der Waals surface area contributed by atoms with Crippen LogP contribution in [0.1, 0.15) is 11.1 Å². The molecule has 8 nitrogen and oxygen atoms in total. The lowest BCUT2D eigenvalue weighted by Crippen LogP contribution is -2.07. The van der Waals surface area contributed by atoms with Crippen LogP contribution in [0.3, 0.4) is 0 Å². The summed E-state index contributed by atoms with van der Waals surface area (Å²) in [5.74, 6) is 0.593. The molecule has 9 heteroatoms. The fourth-order valence-corrected chi connectivity index (χ4v) is 2.98. The molecule has 3 aromatic rings. The number of benzene rings is 1. The standard InChI is InChI=1S/C15H15N4O4P/c20-13-6-5-12-14(17-9-18-15(12)19-13)16-7-10-1-3-11(4-2-10)8-24(21,22)23/h1-6,9H,7-8H2,(H2,21,22,23)(H2,16,17,18,19,20). The van der Waals surface area contributed by atoms with Crippen LogP contribution in [-0.4, -0.2) is 24.7 Å². The van der Waals surface area contributed by atoms with Gasteiger partial charge in [-0.1, -0.05) is 24.3 Å². The second-order valence-corrected chi connectivity index (χ2v) is 6.95. The Hall–Kier alpha value is -2.54. The predicted molar refractivity (Wildman–Crippen MR) is 89.7 cm³/mol. The molecule has 1 aromatic carbocycles. The molecule has 4 N–H and O–H groups in total. The number of nitrogens with one attached hydrogen (secondary N) is 2. The Bertz CT molecular complexity index is 965. The molecule has 0 aliphatic rings. The number of aromatic nitrogens is 3. The molecule has 0 radical (unpaired) electrons. The van der Waals surface area contributed by atoms with E-state index in [1.807, 2.05) is 0 Å². The van der Waals surface area contributed by atoms with Crippen molar-refractivity contribution in [2.24, 2.45) is 0 Å². The van der Waals surface area contributed by atoms with Gasteiger partial charge in [0, 0.05) is 12.6 Å². The van der Waals surface area contributed by atoms with Crippen LogP contribution in [0.2, 0.25) is 0 Å². The van der Waals surface area contributed by atoms with Gasteiger partial charge in [0.2, 0.25) is 5.56 Å². The first kappa shape index (κ1) is 16.3. The summed E-state index contributed by atoms with van der Waals surface area (Å²) in [5.41, 5.74) is 1.74. The highest BCUT2D eigenvalue weighted by atomic mass is 31.2. The summed E-state index contributed by atoms with van der Waals surface area (Å²) in [7, 11) is -4.06. The second-order valence-electron chi connectivity index (χ2n) is 5.30. The molecule has 24 heavy (non-hydrogen) atoms. The van der Waals surface area contributed by atoms with E-state index in [0.29, 0.717) is 29.0 Å². The third kappa shape index (κ3) is 4.05.